The molecule has 0 radical (unpaired) electrons. The van der Waals surface area contributed by atoms with E-state index in [2.05, 4.69) is 22.9 Å². The summed E-state index contributed by atoms with van der Waals surface area (Å²) in [6.07, 6.45) is 7.48. The number of carboxylic acid groups (broad SMARTS) is 1. The molecule has 2 heterocycles. The van der Waals surface area contributed by atoms with E-state index in [0.717, 1.165) is 50.7 Å². The van der Waals surface area contributed by atoms with Crippen LogP contribution >= 0.6 is 11.8 Å². The lowest BCUT2D eigenvalue weighted by Crippen LogP contribution is -2.40. The summed E-state index contributed by atoms with van der Waals surface area (Å²) in [5, 5.41) is 18.2. The van der Waals surface area contributed by atoms with Gasteiger partial charge in [0.2, 0.25) is 5.91 Å². The second-order valence-electron chi connectivity index (χ2n) is 7.18. The molecule has 0 unspecified atom stereocenters. The molecule has 148 valence electrons. The lowest BCUT2D eigenvalue weighted by Gasteiger charge is -2.17. The minimum Gasteiger partial charge on any atom is -0.480 e. The lowest BCUT2D eigenvalue weighted by atomic mass is 10.0. The standard InChI is InChI=1S/C18H31N3O4S/c1-2-3-4-5-8-12(17(23)24)19-15(22)10-7-6-9-14-16-13(11-26-14)20-18(25)21-16/h12-14,16H,2-11H2,1H3,(H,19,22)(H,23,24)(H2,20,21,25)/t12-,13-,14-,16-/m0/s1. The van der Waals surface area contributed by atoms with Gasteiger partial charge >= 0.3 is 12.0 Å². The third-order valence-corrected chi connectivity index (χ3v) is 6.57. The minimum atomic E-state index is -0.951. The van der Waals surface area contributed by atoms with Gasteiger partial charge in [-0.25, -0.2) is 9.59 Å². The SMILES string of the molecule is CCCCCC[C@H](NC(=O)CCCC[C@@H]1SC[C@@H]2NC(=O)N[C@@H]21)C(=O)O. The molecule has 0 aliphatic carbocycles. The molecule has 0 aromatic rings. The fourth-order valence-electron chi connectivity index (χ4n) is 3.57. The van der Waals surface area contributed by atoms with Crippen molar-refractivity contribution in [3.63, 3.8) is 0 Å². The van der Waals surface area contributed by atoms with E-state index < -0.39 is 12.0 Å². The number of carbonyl (C=O) groups is 3. The Morgan fingerprint density at radius 2 is 2.04 bits per heavy atom. The van der Waals surface area contributed by atoms with Crippen molar-refractivity contribution in [3.8, 4) is 0 Å². The zero-order chi connectivity index (χ0) is 18.9. The molecule has 2 rings (SSSR count). The number of carbonyl (C=O) groups excluding carboxylic acids is 2. The highest BCUT2D eigenvalue weighted by Gasteiger charge is 2.42. The van der Waals surface area contributed by atoms with E-state index in [4.69, 9.17) is 0 Å². The Hall–Kier alpha value is -1.44. The molecule has 2 aliphatic heterocycles. The van der Waals surface area contributed by atoms with Gasteiger partial charge in [0.15, 0.2) is 0 Å². The van der Waals surface area contributed by atoms with Gasteiger partial charge in [-0.05, 0) is 19.3 Å². The van der Waals surface area contributed by atoms with Crippen molar-refractivity contribution in [2.75, 3.05) is 5.75 Å². The van der Waals surface area contributed by atoms with E-state index in [1.165, 1.54) is 0 Å². The maximum absolute atomic E-state index is 12.0. The molecule has 0 bridgehead atoms. The van der Waals surface area contributed by atoms with Crippen LogP contribution in [-0.2, 0) is 9.59 Å². The number of aliphatic carboxylic acids is 1. The summed E-state index contributed by atoms with van der Waals surface area (Å²) >= 11 is 1.87. The van der Waals surface area contributed by atoms with E-state index in [-0.39, 0.29) is 24.0 Å². The Kier molecular flexibility index (Phi) is 8.54. The van der Waals surface area contributed by atoms with Crippen LogP contribution in [0.5, 0.6) is 0 Å². The third-order valence-electron chi connectivity index (χ3n) is 5.06. The fraction of sp³-hybridized carbons (Fsp3) is 0.833. The number of unbranched alkanes of at least 4 members (excludes halogenated alkanes) is 4. The molecule has 0 aromatic heterocycles. The van der Waals surface area contributed by atoms with Crippen LogP contribution in [0.1, 0.15) is 64.7 Å². The summed E-state index contributed by atoms with van der Waals surface area (Å²) in [4.78, 5) is 34.7. The number of carboxylic acids is 1. The number of hydrogen-bond acceptors (Lipinski definition) is 4. The van der Waals surface area contributed by atoms with Gasteiger partial charge < -0.3 is 21.1 Å². The van der Waals surface area contributed by atoms with Gasteiger partial charge in [0.1, 0.15) is 6.04 Å². The number of thioether (sulfide) groups is 1. The summed E-state index contributed by atoms with van der Waals surface area (Å²) in [6.45, 7) is 2.11. The molecule has 3 amide bonds. The van der Waals surface area contributed by atoms with E-state index in [1.54, 1.807) is 0 Å². The van der Waals surface area contributed by atoms with E-state index in [1.807, 2.05) is 11.8 Å². The second kappa shape index (κ2) is 10.6. The molecular weight excluding hydrogens is 354 g/mol. The van der Waals surface area contributed by atoms with E-state index in [9.17, 15) is 19.5 Å². The molecule has 26 heavy (non-hydrogen) atoms. The molecule has 4 atom stereocenters. The van der Waals surface area contributed by atoms with Gasteiger partial charge in [-0.15, -0.1) is 0 Å². The van der Waals surface area contributed by atoms with Gasteiger partial charge in [0, 0.05) is 17.4 Å². The minimum absolute atomic E-state index is 0.0803. The van der Waals surface area contributed by atoms with Crippen LogP contribution < -0.4 is 16.0 Å². The largest absolute Gasteiger partial charge is 0.480 e. The smallest absolute Gasteiger partial charge is 0.326 e. The first kappa shape index (κ1) is 20.9. The zero-order valence-corrected chi connectivity index (χ0v) is 16.3. The molecule has 0 saturated carbocycles. The number of fused-ring (bicyclic) bond motifs is 1. The van der Waals surface area contributed by atoms with Gasteiger partial charge in [-0.3, -0.25) is 4.79 Å². The Morgan fingerprint density at radius 3 is 2.77 bits per heavy atom. The Morgan fingerprint density at radius 1 is 1.23 bits per heavy atom. The van der Waals surface area contributed by atoms with Crippen LogP contribution in [0.2, 0.25) is 0 Å². The molecule has 7 nitrogen and oxygen atoms in total. The molecule has 0 spiro atoms. The molecule has 0 aromatic carbocycles. The first-order valence-corrected chi connectivity index (χ1v) is 10.8. The molecule has 2 saturated heterocycles. The maximum Gasteiger partial charge on any atom is 0.326 e. The molecule has 8 heteroatoms. The monoisotopic (exact) mass is 385 g/mol. The van der Waals surface area contributed by atoms with Gasteiger partial charge in [-0.1, -0.05) is 39.0 Å². The summed E-state index contributed by atoms with van der Waals surface area (Å²) in [7, 11) is 0. The molecular formula is C18H31N3O4S. The normalized spacial score (nSPS) is 25.3. The molecule has 2 fully saturated rings. The van der Waals surface area contributed by atoms with Crippen LogP contribution in [-0.4, -0.2) is 52.1 Å². The number of rotatable bonds is 12. The quantitative estimate of drug-likeness (QED) is 0.304. The Balaban J connectivity index is 1.60. The summed E-state index contributed by atoms with van der Waals surface area (Å²) in [5.41, 5.74) is 0. The van der Waals surface area contributed by atoms with Gasteiger partial charge in [-0.2, -0.15) is 11.8 Å². The molecule has 4 N–H and O–H groups in total. The predicted molar refractivity (Wildman–Crippen MR) is 102 cm³/mol. The van der Waals surface area contributed by atoms with Crippen molar-refractivity contribution in [1.82, 2.24) is 16.0 Å². The summed E-state index contributed by atoms with van der Waals surface area (Å²) < 4.78 is 0. The van der Waals surface area contributed by atoms with Crippen LogP contribution in [0, 0.1) is 0 Å². The van der Waals surface area contributed by atoms with Crippen LogP contribution in [0.15, 0.2) is 0 Å². The first-order valence-electron chi connectivity index (χ1n) is 9.72. The van der Waals surface area contributed by atoms with Crippen molar-refractivity contribution >= 4 is 29.7 Å². The summed E-state index contributed by atoms with van der Waals surface area (Å²) in [6, 6.07) is -0.431. The maximum atomic E-state index is 12.0. The zero-order valence-electron chi connectivity index (χ0n) is 15.5. The number of nitrogens with one attached hydrogen (secondary N) is 3. The molecule has 2 aliphatic rings. The Labute approximate surface area is 159 Å². The third kappa shape index (κ3) is 6.37. The van der Waals surface area contributed by atoms with Gasteiger partial charge in [0.05, 0.1) is 12.1 Å². The highest BCUT2D eigenvalue weighted by Crippen LogP contribution is 2.33. The van der Waals surface area contributed by atoms with Crippen LogP contribution in [0.25, 0.3) is 0 Å². The fourth-order valence-corrected chi connectivity index (χ4v) is 5.12. The van der Waals surface area contributed by atoms with E-state index in [0.29, 0.717) is 18.1 Å². The van der Waals surface area contributed by atoms with Crippen molar-refractivity contribution < 1.29 is 19.5 Å². The van der Waals surface area contributed by atoms with Crippen LogP contribution in [0.4, 0.5) is 4.79 Å². The second-order valence-corrected chi connectivity index (χ2v) is 8.45. The number of amides is 3. The van der Waals surface area contributed by atoms with Crippen molar-refractivity contribution in [2.24, 2.45) is 0 Å². The van der Waals surface area contributed by atoms with E-state index >= 15 is 0 Å². The van der Waals surface area contributed by atoms with Crippen molar-refractivity contribution in [1.29, 1.82) is 0 Å². The average molecular weight is 386 g/mol. The van der Waals surface area contributed by atoms with Crippen molar-refractivity contribution in [2.45, 2.75) is 88.1 Å². The average Bonchev–Trinajstić information content (AvgIpc) is 3.13. The lowest BCUT2D eigenvalue weighted by molar-refractivity contribution is -0.142. The highest BCUT2D eigenvalue weighted by molar-refractivity contribution is 8.00. The first-order chi connectivity index (χ1) is 12.5. The number of hydrogen-bond donors (Lipinski definition) is 4. The van der Waals surface area contributed by atoms with Crippen molar-refractivity contribution in [3.05, 3.63) is 0 Å². The van der Waals surface area contributed by atoms with Gasteiger partial charge in [0.25, 0.3) is 0 Å². The Bertz CT molecular complexity index is 503. The predicted octanol–water partition coefficient (Wildman–Crippen LogP) is 2.25. The topological polar surface area (TPSA) is 108 Å². The summed E-state index contributed by atoms with van der Waals surface area (Å²) in [5.74, 6) is -0.194. The number of urea groups is 1. The highest BCUT2D eigenvalue weighted by atomic mass is 32.2. The van der Waals surface area contributed by atoms with Crippen LogP contribution in [0.3, 0.4) is 0 Å².